The maximum absolute atomic E-state index is 11.4. The molecule has 0 saturated carbocycles. The van der Waals surface area contributed by atoms with Crippen LogP contribution in [-0.2, 0) is 21.0 Å². The molecule has 2 atom stereocenters. The summed E-state index contributed by atoms with van der Waals surface area (Å²) in [4.78, 5) is 27.2. The Morgan fingerprint density at radius 3 is 2.47 bits per heavy atom. The summed E-state index contributed by atoms with van der Waals surface area (Å²) in [5, 5.41) is 0. The van der Waals surface area contributed by atoms with Gasteiger partial charge in [-0.05, 0) is 12.5 Å². The monoisotopic (exact) mass is 266 g/mol. The van der Waals surface area contributed by atoms with E-state index in [1.807, 2.05) is 35.8 Å². The molecule has 0 aliphatic heterocycles. The summed E-state index contributed by atoms with van der Waals surface area (Å²) in [6, 6.07) is 8.81. The van der Waals surface area contributed by atoms with Gasteiger partial charge < -0.3 is 15.3 Å². The van der Waals surface area contributed by atoms with Gasteiger partial charge >= 0.3 is 12.1 Å². The fourth-order valence-corrected chi connectivity index (χ4v) is 1.15. The second-order valence-corrected chi connectivity index (χ2v) is 4.23. The highest BCUT2D eigenvalue weighted by molar-refractivity contribution is 5.75. The van der Waals surface area contributed by atoms with Gasteiger partial charge in [0.1, 0.15) is 6.61 Å². The van der Waals surface area contributed by atoms with Gasteiger partial charge in [-0.3, -0.25) is 0 Å². The molecule has 104 valence electrons. The van der Waals surface area contributed by atoms with Crippen LogP contribution in [0.25, 0.3) is 0 Å². The first-order valence-corrected chi connectivity index (χ1v) is 5.93. The first-order valence-electron chi connectivity index (χ1n) is 5.93. The van der Waals surface area contributed by atoms with Crippen molar-refractivity contribution < 1.29 is 19.2 Å². The van der Waals surface area contributed by atoms with E-state index in [0.717, 1.165) is 5.56 Å². The Hall–Kier alpha value is -2.08. The normalized spacial score (nSPS) is 13.2. The minimum Gasteiger partial charge on any atom is -0.443 e. The van der Waals surface area contributed by atoms with Crippen LogP contribution < -0.4 is 11.2 Å². The van der Waals surface area contributed by atoms with E-state index >= 15 is 0 Å². The lowest BCUT2D eigenvalue weighted by Crippen LogP contribution is -2.36. The van der Waals surface area contributed by atoms with Crippen LogP contribution in [0.2, 0.25) is 0 Å². The van der Waals surface area contributed by atoms with Crippen molar-refractivity contribution >= 4 is 12.1 Å². The Balaban J connectivity index is 2.27. The highest BCUT2D eigenvalue weighted by Crippen LogP contribution is 2.02. The largest absolute Gasteiger partial charge is 0.443 e. The van der Waals surface area contributed by atoms with Gasteiger partial charge in [-0.1, -0.05) is 37.3 Å². The lowest BCUT2D eigenvalue weighted by atomic mass is 10.1. The van der Waals surface area contributed by atoms with Crippen molar-refractivity contribution in [3.63, 3.8) is 0 Å². The number of amides is 1. The Morgan fingerprint density at radius 1 is 1.26 bits per heavy atom. The van der Waals surface area contributed by atoms with Crippen LogP contribution in [0.3, 0.4) is 0 Å². The quantitative estimate of drug-likeness (QED) is 0.803. The third-order valence-electron chi connectivity index (χ3n) is 2.61. The predicted octanol–water partition coefficient (Wildman–Crippen LogP) is 1.35. The smallest absolute Gasteiger partial charge is 0.441 e. The Labute approximate surface area is 111 Å². The molecule has 0 fully saturated rings. The van der Waals surface area contributed by atoms with E-state index in [-0.39, 0.29) is 12.6 Å². The lowest BCUT2D eigenvalue weighted by Gasteiger charge is -2.14. The molecule has 0 aromatic heterocycles. The van der Waals surface area contributed by atoms with Crippen LogP contribution in [-0.4, -0.2) is 18.1 Å². The molecular formula is C13H18N2O4. The Kier molecular flexibility index (Phi) is 5.81. The third kappa shape index (κ3) is 5.39. The zero-order valence-corrected chi connectivity index (χ0v) is 11.0. The van der Waals surface area contributed by atoms with Crippen LogP contribution in [0.15, 0.2) is 30.3 Å². The number of hydroxylamine groups is 1. The van der Waals surface area contributed by atoms with E-state index in [2.05, 4.69) is 4.84 Å². The molecular weight excluding hydrogens is 248 g/mol. The molecule has 6 nitrogen and oxygen atoms in total. The molecule has 1 amide bonds. The van der Waals surface area contributed by atoms with E-state index in [9.17, 15) is 9.59 Å². The van der Waals surface area contributed by atoms with E-state index in [1.54, 1.807) is 13.8 Å². The fraction of sp³-hybridized carbons (Fsp3) is 0.385. The maximum atomic E-state index is 11.4. The summed E-state index contributed by atoms with van der Waals surface area (Å²) in [6.45, 7) is 3.40. The van der Waals surface area contributed by atoms with Crippen molar-refractivity contribution in [3.05, 3.63) is 35.9 Å². The molecule has 0 heterocycles. The summed E-state index contributed by atoms with van der Waals surface area (Å²) in [6.07, 6.45) is -0.825. The average molecular weight is 266 g/mol. The number of rotatable bonds is 4. The minimum atomic E-state index is -0.825. The molecule has 1 aromatic carbocycles. The zero-order valence-electron chi connectivity index (χ0n) is 11.0. The number of ether oxygens (including phenoxy) is 1. The number of hydrogen-bond donors (Lipinski definition) is 2. The fourth-order valence-electron chi connectivity index (χ4n) is 1.15. The molecule has 1 rings (SSSR count). The van der Waals surface area contributed by atoms with Gasteiger partial charge in [0.2, 0.25) is 0 Å². The van der Waals surface area contributed by atoms with Crippen molar-refractivity contribution in [1.82, 2.24) is 5.48 Å². The van der Waals surface area contributed by atoms with Crippen molar-refractivity contribution in [2.45, 2.75) is 26.5 Å². The number of nitrogens with two attached hydrogens (primary N) is 1. The maximum Gasteiger partial charge on any atom is 0.441 e. The standard InChI is InChI=1S/C13H18N2O4/c1-9(10(2)14)12(16)19-15-13(17)18-8-11-6-4-3-5-7-11/h3-7,9-10H,8,14H2,1-2H3,(H,15,17)/t9-,10?/m0/s1. The van der Waals surface area contributed by atoms with E-state index in [4.69, 9.17) is 10.5 Å². The Morgan fingerprint density at radius 2 is 1.89 bits per heavy atom. The van der Waals surface area contributed by atoms with Gasteiger partial charge in [-0.15, -0.1) is 5.48 Å². The van der Waals surface area contributed by atoms with E-state index < -0.39 is 18.0 Å². The number of benzene rings is 1. The third-order valence-corrected chi connectivity index (χ3v) is 2.61. The Bertz CT molecular complexity index is 420. The molecule has 1 unspecified atom stereocenters. The van der Waals surface area contributed by atoms with Crippen LogP contribution in [0, 0.1) is 5.92 Å². The van der Waals surface area contributed by atoms with Crippen LogP contribution in [0.1, 0.15) is 19.4 Å². The summed E-state index contributed by atoms with van der Waals surface area (Å²) < 4.78 is 4.86. The summed E-state index contributed by atoms with van der Waals surface area (Å²) in [7, 11) is 0. The first-order chi connectivity index (χ1) is 9.00. The molecule has 0 saturated heterocycles. The van der Waals surface area contributed by atoms with Gasteiger partial charge in [0.25, 0.3) is 0 Å². The van der Waals surface area contributed by atoms with Crippen molar-refractivity contribution in [2.75, 3.05) is 0 Å². The van der Waals surface area contributed by atoms with Crippen LogP contribution in [0.5, 0.6) is 0 Å². The predicted molar refractivity (Wildman–Crippen MR) is 68.7 cm³/mol. The van der Waals surface area contributed by atoms with Crippen molar-refractivity contribution in [3.8, 4) is 0 Å². The lowest BCUT2D eigenvalue weighted by molar-refractivity contribution is -0.154. The van der Waals surface area contributed by atoms with Gasteiger partial charge in [0, 0.05) is 6.04 Å². The average Bonchev–Trinajstić information content (AvgIpc) is 2.42. The molecule has 0 bridgehead atoms. The molecule has 0 spiro atoms. The number of carbonyl (C=O) groups excluding carboxylic acids is 2. The number of nitrogens with one attached hydrogen (secondary N) is 1. The van der Waals surface area contributed by atoms with Gasteiger partial charge in [-0.2, -0.15) is 0 Å². The van der Waals surface area contributed by atoms with Gasteiger partial charge in [0.15, 0.2) is 0 Å². The molecule has 3 N–H and O–H groups in total. The SMILES string of the molecule is CC(N)[C@H](C)C(=O)ONC(=O)OCc1ccccc1. The molecule has 19 heavy (non-hydrogen) atoms. The number of hydrogen-bond acceptors (Lipinski definition) is 5. The van der Waals surface area contributed by atoms with Crippen LogP contribution in [0.4, 0.5) is 4.79 Å². The zero-order chi connectivity index (χ0) is 14.3. The van der Waals surface area contributed by atoms with E-state index in [0.29, 0.717) is 0 Å². The molecule has 1 aromatic rings. The van der Waals surface area contributed by atoms with Gasteiger partial charge in [0.05, 0.1) is 5.92 Å². The molecule has 0 aliphatic carbocycles. The molecule has 0 aliphatic rings. The van der Waals surface area contributed by atoms with E-state index in [1.165, 1.54) is 0 Å². The van der Waals surface area contributed by atoms with Crippen LogP contribution >= 0.6 is 0 Å². The van der Waals surface area contributed by atoms with Crippen molar-refractivity contribution in [2.24, 2.45) is 11.7 Å². The number of carbonyl (C=O) groups is 2. The topological polar surface area (TPSA) is 90.7 Å². The summed E-state index contributed by atoms with van der Waals surface area (Å²) in [5.41, 5.74) is 8.30. The molecule has 6 heteroatoms. The van der Waals surface area contributed by atoms with Gasteiger partial charge in [-0.25, -0.2) is 9.59 Å². The summed E-state index contributed by atoms with van der Waals surface area (Å²) in [5.74, 6) is -1.11. The first kappa shape index (κ1) is 15.0. The second kappa shape index (κ2) is 7.38. The second-order valence-electron chi connectivity index (χ2n) is 4.23. The highest BCUT2D eigenvalue weighted by Gasteiger charge is 2.20. The summed E-state index contributed by atoms with van der Waals surface area (Å²) >= 11 is 0. The van der Waals surface area contributed by atoms with Crippen molar-refractivity contribution in [1.29, 1.82) is 0 Å². The minimum absolute atomic E-state index is 0.104. The molecule has 0 radical (unpaired) electrons. The highest BCUT2D eigenvalue weighted by atomic mass is 16.7.